The van der Waals surface area contributed by atoms with Crippen molar-refractivity contribution in [2.75, 3.05) is 38.7 Å². The van der Waals surface area contributed by atoms with Gasteiger partial charge >= 0.3 is 0 Å². The fourth-order valence-corrected chi connectivity index (χ4v) is 5.91. The number of halogens is 1. The highest BCUT2D eigenvalue weighted by atomic mass is 32.2. The summed E-state index contributed by atoms with van der Waals surface area (Å²) in [5.74, 6) is -0.173. The molecule has 1 aromatic rings. The maximum atomic E-state index is 12.8. The van der Waals surface area contributed by atoms with E-state index < -0.39 is 14.6 Å². The number of carbonyl (C=O) groups excluding carboxylic acids is 1. The Hall–Kier alpha value is -1.67. The smallest absolute Gasteiger partial charge is 0.260 e. The highest BCUT2D eigenvalue weighted by molar-refractivity contribution is 7.93. The van der Waals surface area contributed by atoms with Gasteiger partial charge in [0.2, 0.25) is 0 Å². The zero-order chi connectivity index (χ0) is 18.1. The first kappa shape index (κ1) is 18.1. The average Bonchev–Trinajstić information content (AvgIpc) is 2.81. The van der Waals surface area contributed by atoms with Crippen LogP contribution in [0, 0.1) is 11.7 Å². The standard InChI is InChI=1S/C17H22FNO5S/c1-2-23-9-13-7-8-25(21,22)17(13)11-19(12-17)16(20)10-24-15-5-3-14(18)4-6-15/h3-6,13H,2,7-12H2,1H3. The molecule has 2 aliphatic heterocycles. The highest BCUT2D eigenvalue weighted by Gasteiger charge is 2.62. The van der Waals surface area contributed by atoms with Crippen molar-refractivity contribution in [1.82, 2.24) is 4.90 Å². The quantitative estimate of drug-likeness (QED) is 0.753. The molecule has 2 saturated heterocycles. The summed E-state index contributed by atoms with van der Waals surface area (Å²) in [7, 11) is -3.22. The minimum atomic E-state index is -3.22. The fourth-order valence-electron chi connectivity index (χ4n) is 3.51. The van der Waals surface area contributed by atoms with Crippen molar-refractivity contribution in [3.63, 3.8) is 0 Å². The number of hydrogen-bond acceptors (Lipinski definition) is 5. The van der Waals surface area contributed by atoms with E-state index in [-0.39, 0.29) is 43.1 Å². The van der Waals surface area contributed by atoms with Crippen LogP contribution in [0.1, 0.15) is 13.3 Å². The van der Waals surface area contributed by atoms with Crippen molar-refractivity contribution in [1.29, 1.82) is 0 Å². The molecule has 138 valence electrons. The topological polar surface area (TPSA) is 72.9 Å². The summed E-state index contributed by atoms with van der Waals surface area (Å²) in [6.07, 6.45) is 0.580. The van der Waals surface area contributed by atoms with Gasteiger partial charge < -0.3 is 14.4 Å². The third kappa shape index (κ3) is 3.37. The highest BCUT2D eigenvalue weighted by Crippen LogP contribution is 2.44. The number of hydrogen-bond donors (Lipinski definition) is 0. The van der Waals surface area contributed by atoms with Gasteiger partial charge in [0.15, 0.2) is 16.4 Å². The zero-order valence-corrected chi connectivity index (χ0v) is 14.9. The molecule has 3 rings (SSSR count). The van der Waals surface area contributed by atoms with Crippen molar-refractivity contribution in [2.45, 2.75) is 18.1 Å². The summed E-state index contributed by atoms with van der Waals surface area (Å²) in [5.41, 5.74) is 0. The lowest BCUT2D eigenvalue weighted by Crippen LogP contribution is -2.69. The van der Waals surface area contributed by atoms with Crippen LogP contribution in [0.25, 0.3) is 0 Å². The lowest BCUT2D eigenvalue weighted by atomic mass is 9.83. The second-order valence-electron chi connectivity index (χ2n) is 6.52. The molecular weight excluding hydrogens is 349 g/mol. The SMILES string of the molecule is CCOCC1CCS(=O)(=O)C12CN(C(=O)COc1ccc(F)cc1)C2. The van der Waals surface area contributed by atoms with Crippen LogP contribution in [0.5, 0.6) is 5.75 Å². The number of carbonyl (C=O) groups is 1. The fraction of sp³-hybridized carbons (Fsp3) is 0.588. The molecular formula is C17H22FNO5S. The van der Waals surface area contributed by atoms with Gasteiger partial charge in [-0.05, 0) is 37.6 Å². The van der Waals surface area contributed by atoms with Crippen molar-refractivity contribution >= 4 is 15.7 Å². The molecule has 1 amide bonds. The first-order valence-corrected chi connectivity index (χ1v) is 9.99. The molecule has 1 aromatic carbocycles. The van der Waals surface area contributed by atoms with E-state index in [1.54, 1.807) is 0 Å². The zero-order valence-electron chi connectivity index (χ0n) is 14.1. The van der Waals surface area contributed by atoms with Crippen molar-refractivity contribution in [3.05, 3.63) is 30.1 Å². The van der Waals surface area contributed by atoms with E-state index in [2.05, 4.69) is 0 Å². The third-order valence-electron chi connectivity index (χ3n) is 5.07. The van der Waals surface area contributed by atoms with E-state index in [9.17, 15) is 17.6 Å². The Morgan fingerprint density at radius 2 is 2.00 bits per heavy atom. The predicted octanol–water partition coefficient (Wildman–Crippen LogP) is 1.26. The van der Waals surface area contributed by atoms with Crippen LogP contribution in [0.2, 0.25) is 0 Å². The molecule has 0 aromatic heterocycles. The molecule has 6 nitrogen and oxygen atoms in total. The van der Waals surface area contributed by atoms with E-state index >= 15 is 0 Å². The molecule has 0 saturated carbocycles. The van der Waals surface area contributed by atoms with Crippen molar-refractivity contribution in [3.8, 4) is 5.75 Å². The van der Waals surface area contributed by atoms with E-state index in [0.717, 1.165) is 0 Å². The lowest BCUT2D eigenvalue weighted by molar-refractivity contribution is -0.140. The molecule has 8 heteroatoms. The van der Waals surface area contributed by atoms with Gasteiger partial charge in [-0.25, -0.2) is 12.8 Å². The molecule has 0 aliphatic carbocycles. The molecule has 0 bridgehead atoms. The van der Waals surface area contributed by atoms with Crippen LogP contribution < -0.4 is 4.74 Å². The molecule has 1 spiro atoms. The number of likely N-dealkylation sites (tertiary alicyclic amines) is 1. The average molecular weight is 371 g/mol. The summed E-state index contributed by atoms with van der Waals surface area (Å²) in [5, 5.41) is 0. The summed E-state index contributed by atoms with van der Waals surface area (Å²) in [6, 6.07) is 5.39. The molecule has 25 heavy (non-hydrogen) atoms. The van der Waals surface area contributed by atoms with Crippen LogP contribution in [0.3, 0.4) is 0 Å². The van der Waals surface area contributed by atoms with E-state index in [1.807, 2.05) is 6.92 Å². The van der Waals surface area contributed by atoms with Crippen LogP contribution in [0.4, 0.5) is 4.39 Å². The van der Waals surface area contributed by atoms with E-state index in [4.69, 9.17) is 9.47 Å². The Morgan fingerprint density at radius 3 is 2.64 bits per heavy atom. The maximum absolute atomic E-state index is 12.8. The Labute approximate surface area is 146 Å². The first-order valence-electron chi connectivity index (χ1n) is 8.34. The molecule has 0 N–H and O–H groups in total. The van der Waals surface area contributed by atoms with Gasteiger partial charge in [-0.15, -0.1) is 0 Å². The number of benzene rings is 1. The minimum Gasteiger partial charge on any atom is -0.484 e. The number of nitrogens with zero attached hydrogens (tertiary/aromatic N) is 1. The van der Waals surface area contributed by atoms with E-state index in [0.29, 0.717) is 25.4 Å². The summed E-state index contributed by atoms with van der Waals surface area (Å²) in [4.78, 5) is 13.7. The Kier molecular flexibility index (Phi) is 5.02. The second kappa shape index (κ2) is 6.92. The summed E-state index contributed by atoms with van der Waals surface area (Å²) in [6.45, 7) is 3.01. The first-order chi connectivity index (χ1) is 11.9. The number of amides is 1. The minimum absolute atomic E-state index is 0.0699. The summed E-state index contributed by atoms with van der Waals surface area (Å²) >= 11 is 0. The number of sulfone groups is 1. The molecule has 1 unspecified atom stereocenters. The second-order valence-corrected chi connectivity index (χ2v) is 8.97. The monoisotopic (exact) mass is 371 g/mol. The van der Waals surface area contributed by atoms with E-state index in [1.165, 1.54) is 29.2 Å². The Balaban J connectivity index is 1.57. The largest absolute Gasteiger partial charge is 0.484 e. The van der Waals surface area contributed by atoms with Gasteiger partial charge in [-0.3, -0.25) is 4.79 Å². The molecule has 1 atom stereocenters. The normalized spacial score (nSPS) is 23.4. The van der Waals surface area contributed by atoms with Crippen molar-refractivity contribution < 1.29 is 27.1 Å². The lowest BCUT2D eigenvalue weighted by Gasteiger charge is -2.49. The van der Waals surface area contributed by atoms with Gasteiger partial charge in [0.1, 0.15) is 16.3 Å². The van der Waals surface area contributed by atoms with Gasteiger partial charge in [0.05, 0.1) is 12.4 Å². The van der Waals surface area contributed by atoms with Gasteiger partial charge in [0, 0.05) is 25.6 Å². The van der Waals surface area contributed by atoms with Crippen LogP contribution in [0.15, 0.2) is 24.3 Å². The number of rotatable bonds is 6. The molecule has 2 aliphatic rings. The summed E-state index contributed by atoms with van der Waals surface area (Å²) < 4.78 is 47.7. The number of ether oxygens (including phenoxy) is 2. The third-order valence-corrected chi connectivity index (χ3v) is 7.67. The maximum Gasteiger partial charge on any atom is 0.260 e. The van der Waals surface area contributed by atoms with Crippen LogP contribution in [-0.4, -0.2) is 62.6 Å². The van der Waals surface area contributed by atoms with Gasteiger partial charge in [-0.2, -0.15) is 0 Å². The Bertz CT molecular complexity index is 728. The van der Waals surface area contributed by atoms with Gasteiger partial charge in [0.25, 0.3) is 5.91 Å². The molecule has 2 heterocycles. The molecule has 0 radical (unpaired) electrons. The molecule has 2 fully saturated rings. The van der Waals surface area contributed by atoms with Crippen LogP contribution >= 0.6 is 0 Å². The Morgan fingerprint density at radius 1 is 1.32 bits per heavy atom. The predicted molar refractivity (Wildman–Crippen MR) is 89.6 cm³/mol. The van der Waals surface area contributed by atoms with Crippen molar-refractivity contribution in [2.24, 2.45) is 5.92 Å². The van der Waals surface area contributed by atoms with Crippen LogP contribution in [-0.2, 0) is 19.4 Å². The van der Waals surface area contributed by atoms with Gasteiger partial charge in [-0.1, -0.05) is 0 Å².